The zero-order valence-electron chi connectivity index (χ0n) is 15.1. The van der Waals surface area contributed by atoms with Gasteiger partial charge in [0.05, 0.1) is 11.6 Å². The number of carbonyl (C=O) groups excluding carboxylic acids is 1. The van der Waals surface area contributed by atoms with Gasteiger partial charge in [-0.1, -0.05) is 17.7 Å². The Kier molecular flexibility index (Phi) is 4.33. The highest BCUT2D eigenvalue weighted by Crippen LogP contribution is 2.48. The molecule has 1 aromatic carbocycles. The highest BCUT2D eigenvalue weighted by Gasteiger charge is 2.42. The second-order valence-corrected chi connectivity index (χ2v) is 8.35. The molecule has 1 fully saturated rings. The number of nitriles is 1. The molecule has 0 saturated carbocycles. The van der Waals surface area contributed by atoms with E-state index in [9.17, 15) is 10.1 Å². The van der Waals surface area contributed by atoms with E-state index in [0.29, 0.717) is 18.7 Å². The van der Waals surface area contributed by atoms with Crippen molar-refractivity contribution in [3.05, 3.63) is 39.9 Å². The van der Waals surface area contributed by atoms with Gasteiger partial charge in [0, 0.05) is 23.5 Å². The molecule has 1 heterocycles. The Morgan fingerprint density at radius 1 is 1.32 bits per heavy atom. The van der Waals surface area contributed by atoms with Crippen LogP contribution in [-0.4, -0.2) is 29.7 Å². The molecule has 0 radical (unpaired) electrons. The number of aryl methyl sites for hydroxylation is 1. The lowest BCUT2D eigenvalue weighted by Crippen LogP contribution is -2.45. The van der Waals surface area contributed by atoms with Crippen molar-refractivity contribution < 1.29 is 9.53 Å². The number of likely N-dealkylation sites (tertiary alicyclic amines) is 1. The second-order valence-electron chi connectivity index (χ2n) is 7.94. The van der Waals surface area contributed by atoms with Gasteiger partial charge in [-0.25, -0.2) is 4.79 Å². The predicted molar refractivity (Wildman–Crippen MR) is 98.5 cm³/mol. The first-order valence-electron chi connectivity index (χ1n) is 8.57. The van der Waals surface area contributed by atoms with Crippen molar-refractivity contribution in [1.29, 1.82) is 5.26 Å². The van der Waals surface area contributed by atoms with Crippen molar-refractivity contribution in [2.45, 2.75) is 51.6 Å². The number of allylic oxidation sites excluding steroid dienone is 2. The van der Waals surface area contributed by atoms with E-state index in [1.54, 1.807) is 4.90 Å². The minimum absolute atomic E-state index is 0.212. The van der Waals surface area contributed by atoms with Gasteiger partial charge in [0.2, 0.25) is 0 Å². The summed E-state index contributed by atoms with van der Waals surface area (Å²) in [6, 6.07) is 6.31. The minimum Gasteiger partial charge on any atom is -0.444 e. The highest BCUT2D eigenvalue weighted by molar-refractivity contribution is 6.31. The van der Waals surface area contributed by atoms with Crippen LogP contribution in [0, 0.1) is 18.3 Å². The molecular formula is C20H23ClN2O2. The summed E-state index contributed by atoms with van der Waals surface area (Å²) < 4.78 is 5.47. The fraction of sp³-hybridized carbons (Fsp3) is 0.500. The van der Waals surface area contributed by atoms with Crippen molar-refractivity contribution in [2.24, 2.45) is 0 Å². The smallest absolute Gasteiger partial charge is 0.410 e. The Morgan fingerprint density at radius 3 is 2.52 bits per heavy atom. The van der Waals surface area contributed by atoms with Crippen molar-refractivity contribution in [3.8, 4) is 6.07 Å². The maximum atomic E-state index is 12.3. The summed E-state index contributed by atoms with van der Waals surface area (Å²) in [5, 5.41) is 10.2. The summed E-state index contributed by atoms with van der Waals surface area (Å²) in [5.41, 5.74) is 3.07. The van der Waals surface area contributed by atoms with Gasteiger partial charge in [-0.3, -0.25) is 0 Å². The minimum atomic E-state index is -0.495. The topological polar surface area (TPSA) is 53.3 Å². The van der Waals surface area contributed by atoms with Crippen LogP contribution in [0.2, 0.25) is 5.02 Å². The number of nitrogens with zero attached hydrogens (tertiary/aromatic N) is 2. The van der Waals surface area contributed by atoms with Crippen molar-refractivity contribution in [3.63, 3.8) is 0 Å². The molecule has 0 N–H and O–H groups in total. The molecule has 3 rings (SSSR count). The number of rotatable bonds is 0. The Hall–Kier alpha value is -1.99. The predicted octanol–water partition coefficient (Wildman–Crippen LogP) is 4.84. The fourth-order valence-corrected chi connectivity index (χ4v) is 3.83. The molecule has 0 atom stereocenters. The van der Waals surface area contributed by atoms with Crippen LogP contribution in [0.25, 0.3) is 5.57 Å². The quantitative estimate of drug-likeness (QED) is 0.666. The van der Waals surface area contributed by atoms with Crippen LogP contribution in [-0.2, 0) is 10.2 Å². The van der Waals surface area contributed by atoms with Crippen molar-refractivity contribution in [2.75, 3.05) is 13.1 Å². The maximum absolute atomic E-state index is 12.3. The normalized spacial score (nSPS) is 18.6. The molecule has 1 aliphatic carbocycles. The van der Waals surface area contributed by atoms with E-state index in [2.05, 4.69) is 12.1 Å². The van der Waals surface area contributed by atoms with Gasteiger partial charge < -0.3 is 9.64 Å². The van der Waals surface area contributed by atoms with Gasteiger partial charge >= 0.3 is 6.09 Å². The summed E-state index contributed by atoms with van der Waals surface area (Å²) in [7, 11) is 0. The number of piperidine rings is 1. The Balaban J connectivity index is 1.85. The van der Waals surface area contributed by atoms with Crippen LogP contribution in [0.4, 0.5) is 4.79 Å². The summed E-state index contributed by atoms with van der Waals surface area (Å²) in [6.07, 6.45) is 3.33. The molecule has 1 aliphatic heterocycles. The summed E-state index contributed by atoms with van der Waals surface area (Å²) >= 11 is 6.35. The van der Waals surface area contributed by atoms with E-state index in [0.717, 1.165) is 34.6 Å². The highest BCUT2D eigenvalue weighted by atomic mass is 35.5. The van der Waals surface area contributed by atoms with Crippen LogP contribution < -0.4 is 0 Å². The van der Waals surface area contributed by atoms with Crippen molar-refractivity contribution >= 4 is 23.3 Å². The Bertz CT molecular complexity index is 791. The third-order valence-electron chi connectivity index (χ3n) is 4.97. The van der Waals surface area contributed by atoms with E-state index in [1.165, 1.54) is 0 Å². The standard InChI is InChI=1S/C20H23ClN2O2/c1-13-9-15-14(12-22)11-20(16(15)10-17(13)21)5-7-23(8-6-20)18(24)25-19(2,3)4/h9-11H,5-8H2,1-4H3. The monoisotopic (exact) mass is 358 g/mol. The lowest BCUT2D eigenvalue weighted by atomic mass is 9.74. The van der Waals surface area contributed by atoms with Gasteiger partial charge in [-0.2, -0.15) is 5.26 Å². The molecule has 1 aromatic rings. The molecule has 2 aliphatic rings. The number of amides is 1. The lowest BCUT2D eigenvalue weighted by molar-refractivity contribution is 0.0184. The zero-order chi connectivity index (χ0) is 18.4. The summed E-state index contributed by atoms with van der Waals surface area (Å²) in [4.78, 5) is 14.1. The van der Waals surface area contributed by atoms with Gasteiger partial charge in [-0.15, -0.1) is 0 Å². The largest absolute Gasteiger partial charge is 0.444 e. The van der Waals surface area contributed by atoms with Crippen LogP contribution in [0.1, 0.15) is 50.3 Å². The molecule has 1 amide bonds. The molecule has 1 saturated heterocycles. The molecule has 5 heteroatoms. The fourth-order valence-electron chi connectivity index (χ4n) is 3.67. The van der Waals surface area contributed by atoms with E-state index in [-0.39, 0.29) is 11.5 Å². The van der Waals surface area contributed by atoms with Crippen molar-refractivity contribution in [1.82, 2.24) is 4.90 Å². The second kappa shape index (κ2) is 6.07. The van der Waals surface area contributed by atoms with E-state index < -0.39 is 5.60 Å². The zero-order valence-corrected chi connectivity index (χ0v) is 15.9. The number of halogens is 1. The van der Waals surface area contributed by atoms with Gasteiger partial charge in [0.25, 0.3) is 0 Å². The van der Waals surface area contributed by atoms with Gasteiger partial charge in [0.1, 0.15) is 5.60 Å². The third-order valence-corrected chi connectivity index (χ3v) is 5.38. The van der Waals surface area contributed by atoms with Gasteiger partial charge in [-0.05, 0) is 69.4 Å². The average Bonchev–Trinajstić information content (AvgIpc) is 2.80. The first-order valence-corrected chi connectivity index (χ1v) is 8.95. The average molecular weight is 359 g/mol. The van der Waals surface area contributed by atoms with Crippen LogP contribution in [0.5, 0.6) is 0 Å². The molecule has 25 heavy (non-hydrogen) atoms. The number of fused-ring (bicyclic) bond motifs is 2. The number of ether oxygens (including phenoxy) is 1. The number of hydrogen-bond acceptors (Lipinski definition) is 3. The molecular weight excluding hydrogens is 336 g/mol. The van der Waals surface area contributed by atoms with Crippen LogP contribution in [0.3, 0.4) is 0 Å². The molecule has 132 valence electrons. The van der Waals surface area contributed by atoms with Crippen LogP contribution in [0.15, 0.2) is 18.2 Å². The van der Waals surface area contributed by atoms with Crippen LogP contribution >= 0.6 is 11.6 Å². The molecule has 0 unspecified atom stereocenters. The van der Waals surface area contributed by atoms with E-state index in [1.807, 2.05) is 39.8 Å². The summed E-state index contributed by atoms with van der Waals surface area (Å²) in [5.74, 6) is 0. The number of benzene rings is 1. The SMILES string of the molecule is Cc1cc2c(cc1Cl)C1(C=C2C#N)CCN(C(=O)OC(C)(C)C)CC1. The number of hydrogen-bond donors (Lipinski definition) is 0. The first kappa shape index (κ1) is 17.8. The Labute approximate surface area is 154 Å². The first-order chi connectivity index (χ1) is 11.6. The van der Waals surface area contributed by atoms with E-state index >= 15 is 0 Å². The molecule has 0 bridgehead atoms. The lowest BCUT2D eigenvalue weighted by Gasteiger charge is -2.39. The van der Waals surface area contributed by atoms with E-state index in [4.69, 9.17) is 16.3 Å². The molecule has 1 spiro atoms. The maximum Gasteiger partial charge on any atom is 0.410 e. The molecule has 4 nitrogen and oxygen atoms in total. The Morgan fingerprint density at radius 2 is 1.96 bits per heavy atom. The summed E-state index contributed by atoms with van der Waals surface area (Å²) in [6.45, 7) is 8.78. The number of carbonyl (C=O) groups is 1. The molecule has 0 aromatic heterocycles. The van der Waals surface area contributed by atoms with Gasteiger partial charge in [0.15, 0.2) is 0 Å². The third kappa shape index (κ3) is 3.26.